The molecule has 1 heterocycles. The highest BCUT2D eigenvalue weighted by Crippen LogP contribution is 2.55. The molecule has 0 aromatic rings. The lowest BCUT2D eigenvalue weighted by atomic mass is 9.59. The van der Waals surface area contributed by atoms with Crippen LogP contribution in [0.25, 0.3) is 0 Å². The van der Waals surface area contributed by atoms with Crippen LogP contribution in [0.2, 0.25) is 0 Å². The van der Waals surface area contributed by atoms with Gasteiger partial charge in [0.1, 0.15) is 0 Å². The average Bonchev–Trinajstić information content (AvgIpc) is 3.10. The third kappa shape index (κ3) is 1.76. The van der Waals surface area contributed by atoms with Crippen LogP contribution in [0.5, 0.6) is 0 Å². The molecule has 1 saturated heterocycles. The Kier molecular flexibility index (Phi) is 2.87. The van der Waals surface area contributed by atoms with Gasteiger partial charge in [0.05, 0.1) is 18.8 Å². The number of hydrogen-bond donors (Lipinski definition) is 1. The molecule has 0 bridgehead atoms. The van der Waals surface area contributed by atoms with E-state index in [0.29, 0.717) is 35.7 Å². The maximum atomic E-state index is 12.0. The molecule has 3 rings (SSSR count). The Balaban J connectivity index is 1.94. The summed E-state index contributed by atoms with van der Waals surface area (Å²) in [6.07, 6.45) is 4.92. The van der Waals surface area contributed by atoms with Crippen LogP contribution in [0.15, 0.2) is 11.6 Å². The third-order valence-electron chi connectivity index (χ3n) is 5.23. The number of rotatable bonds is 2. The molecule has 1 saturated carbocycles. The Hall–Kier alpha value is -0.670. The van der Waals surface area contributed by atoms with E-state index in [9.17, 15) is 9.90 Å². The number of aliphatic hydroxyl groups is 1. The zero-order chi connectivity index (χ0) is 12.9. The Labute approximate surface area is 108 Å². The molecule has 1 spiro atoms. The van der Waals surface area contributed by atoms with Crippen LogP contribution >= 0.6 is 0 Å². The molecule has 0 unspecified atom stereocenters. The summed E-state index contributed by atoms with van der Waals surface area (Å²) in [6.45, 7) is 5.24. The summed E-state index contributed by atoms with van der Waals surface area (Å²) in [5.74, 6) is 2.14. The summed E-state index contributed by atoms with van der Waals surface area (Å²) in [6, 6.07) is 0. The van der Waals surface area contributed by atoms with Crippen molar-refractivity contribution in [2.75, 3.05) is 13.2 Å². The molecule has 0 amide bonds. The van der Waals surface area contributed by atoms with Crippen LogP contribution in [-0.4, -0.2) is 29.7 Å². The highest BCUT2D eigenvalue weighted by atomic mass is 16.6. The molecule has 4 atom stereocenters. The van der Waals surface area contributed by atoms with Crippen LogP contribution in [-0.2, 0) is 9.53 Å². The molecule has 0 aromatic carbocycles. The minimum Gasteiger partial charge on any atom is -0.392 e. The van der Waals surface area contributed by atoms with Crippen molar-refractivity contribution in [2.45, 2.75) is 38.7 Å². The lowest BCUT2D eigenvalue weighted by Crippen LogP contribution is -2.45. The first-order chi connectivity index (χ1) is 8.57. The second-order valence-electron chi connectivity index (χ2n) is 6.46. The summed E-state index contributed by atoms with van der Waals surface area (Å²) in [5.41, 5.74) is 0.628. The number of allylic oxidation sites excluding steroid dienone is 1. The molecule has 3 heteroatoms. The normalized spacial score (nSPS) is 43.0. The van der Waals surface area contributed by atoms with E-state index >= 15 is 0 Å². The van der Waals surface area contributed by atoms with Crippen molar-refractivity contribution in [1.82, 2.24) is 0 Å². The van der Waals surface area contributed by atoms with E-state index in [1.54, 1.807) is 0 Å². The fraction of sp³-hybridized carbons (Fsp3) is 0.800. The molecular weight excluding hydrogens is 228 g/mol. The quantitative estimate of drug-likeness (QED) is 0.762. The van der Waals surface area contributed by atoms with E-state index in [4.69, 9.17) is 4.74 Å². The number of fused-ring (bicyclic) bond motifs is 2. The van der Waals surface area contributed by atoms with Gasteiger partial charge in [-0.2, -0.15) is 0 Å². The van der Waals surface area contributed by atoms with Crippen molar-refractivity contribution in [1.29, 1.82) is 0 Å². The van der Waals surface area contributed by atoms with Crippen molar-refractivity contribution >= 4 is 5.78 Å². The largest absolute Gasteiger partial charge is 0.392 e. The van der Waals surface area contributed by atoms with Gasteiger partial charge in [-0.05, 0) is 30.6 Å². The highest BCUT2D eigenvalue weighted by molar-refractivity contribution is 5.96. The van der Waals surface area contributed by atoms with E-state index in [1.807, 2.05) is 0 Å². The van der Waals surface area contributed by atoms with Gasteiger partial charge in [-0.25, -0.2) is 0 Å². The molecule has 100 valence electrons. The maximum absolute atomic E-state index is 12.0. The van der Waals surface area contributed by atoms with Crippen LogP contribution < -0.4 is 0 Å². The first-order valence-electron chi connectivity index (χ1n) is 7.06. The smallest absolute Gasteiger partial charge is 0.161 e. The summed E-state index contributed by atoms with van der Waals surface area (Å²) in [5, 5.41) is 9.30. The third-order valence-corrected chi connectivity index (χ3v) is 5.23. The Morgan fingerprint density at radius 3 is 2.83 bits per heavy atom. The van der Waals surface area contributed by atoms with Gasteiger partial charge in [0, 0.05) is 17.9 Å². The number of carbonyl (C=O) groups is 1. The minimum atomic E-state index is -0.110. The summed E-state index contributed by atoms with van der Waals surface area (Å²) < 4.78 is 5.71. The second kappa shape index (κ2) is 4.17. The van der Waals surface area contributed by atoms with Crippen LogP contribution in [0.1, 0.15) is 33.1 Å². The summed E-state index contributed by atoms with van der Waals surface area (Å²) >= 11 is 0. The van der Waals surface area contributed by atoms with Crippen molar-refractivity contribution in [2.24, 2.45) is 23.7 Å². The average molecular weight is 250 g/mol. The molecule has 2 fully saturated rings. The van der Waals surface area contributed by atoms with Crippen LogP contribution in [0, 0.1) is 23.7 Å². The standard InChI is InChI=1S/C15H22O3/c1-9(2)11-3-4-15(8-18-15)13-6-14(17)10(7-16)5-12(11)13/h5,9,11-13,16H,3-4,6-8H2,1-2H3/t11-,12-,13+,15+/m1/s1. The fourth-order valence-electron chi connectivity index (χ4n) is 4.03. The molecule has 3 nitrogen and oxygen atoms in total. The van der Waals surface area contributed by atoms with Gasteiger partial charge in [-0.15, -0.1) is 0 Å². The number of ketones is 1. The first kappa shape index (κ1) is 12.4. The fourth-order valence-corrected chi connectivity index (χ4v) is 4.03. The van der Waals surface area contributed by atoms with Crippen molar-refractivity contribution < 1.29 is 14.6 Å². The van der Waals surface area contributed by atoms with Crippen LogP contribution in [0.3, 0.4) is 0 Å². The summed E-state index contributed by atoms with van der Waals surface area (Å²) in [4.78, 5) is 12.0. The van der Waals surface area contributed by atoms with Crippen molar-refractivity contribution in [3.63, 3.8) is 0 Å². The predicted octanol–water partition coefficient (Wildman–Crippen LogP) is 1.95. The molecule has 0 aromatic heterocycles. The van der Waals surface area contributed by atoms with Gasteiger partial charge in [-0.3, -0.25) is 4.79 Å². The number of ether oxygens (including phenoxy) is 1. The Bertz CT molecular complexity index is 393. The number of carbonyl (C=O) groups excluding carboxylic acids is 1. The lowest BCUT2D eigenvalue weighted by Gasteiger charge is -2.44. The van der Waals surface area contributed by atoms with Gasteiger partial charge in [-0.1, -0.05) is 19.9 Å². The van der Waals surface area contributed by atoms with E-state index in [1.165, 1.54) is 6.42 Å². The summed E-state index contributed by atoms with van der Waals surface area (Å²) in [7, 11) is 0. The number of epoxide rings is 1. The minimum absolute atomic E-state index is 0.00318. The van der Waals surface area contributed by atoms with Gasteiger partial charge < -0.3 is 9.84 Å². The molecule has 0 radical (unpaired) electrons. The molecule has 3 aliphatic rings. The Morgan fingerprint density at radius 2 is 2.28 bits per heavy atom. The van der Waals surface area contributed by atoms with E-state index in [0.717, 1.165) is 13.0 Å². The first-order valence-corrected chi connectivity index (χ1v) is 7.06. The molecule has 2 aliphatic carbocycles. The zero-order valence-electron chi connectivity index (χ0n) is 11.2. The zero-order valence-corrected chi connectivity index (χ0v) is 11.2. The van der Waals surface area contributed by atoms with Gasteiger partial charge in [0.15, 0.2) is 5.78 Å². The van der Waals surface area contributed by atoms with Crippen molar-refractivity contribution in [3.05, 3.63) is 11.6 Å². The SMILES string of the molecule is CC(C)[C@H]1CC[C@]2(CO2)[C@H]2CC(=O)C(CO)=C[C@H]12. The predicted molar refractivity (Wildman–Crippen MR) is 68.0 cm³/mol. The number of hydrogen-bond acceptors (Lipinski definition) is 3. The molecule has 18 heavy (non-hydrogen) atoms. The molecule has 1 N–H and O–H groups in total. The number of Topliss-reactive ketones (excluding diaryl/α,β-unsaturated/α-hetero) is 1. The highest BCUT2D eigenvalue weighted by Gasteiger charge is 2.59. The second-order valence-corrected chi connectivity index (χ2v) is 6.46. The Morgan fingerprint density at radius 1 is 1.56 bits per heavy atom. The van der Waals surface area contributed by atoms with E-state index < -0.39 is 0 Å². The molecular formula is C15H22O3. The van der Waals surface area contributed by atoms with Gasteiger partial charge in [0.2, 0.25) is 0 Å². The van der Waals surface area contributed by atoms with Gasteiger partial charge in [0.25, 0.3) is 0 Å². The number of aliphatic hydroxyl groups excluding tert-OH is 1. The molecule has 1 aliphatic heterocycles. The lowest BCUT2D eigenvalue weighted by molar-refractivity contribution is -0.119. The van der Waals surface area contributed by atoms with Crippen molar-refractivity contribution in [3.8, 4) is 0 Å². The topological polar surface area (TPSA) is 49.8 Å². The van der Waals surface area contributed by atoms with E-state index in [2.05, 4.69) is 19.9 Å². The van der Waals surface area contributed by atoms with Gasteiger partial charge >= 0.3 is 0 Å². The van der Waals surface area contributed by atoms with E-state index in [-0.39, 0.29) is 18.0 Å². The van der Waals surface area contributed by atoms with Crippen LogP contribution in [0.4, 0.5) is 0 Å². The maximum Gasteiger partial charge on any atom is 0.161 e. The monoisotopic (exact) mass is 250 g/mol.